The van der Waals surface area contributed by atoms with Crippen molar-refractivity contribution in [1.82, 2.24) is 15.5 Å². The van der Waals surface area contributed by atoms with Crippen molar-refractivity contribution in [3.8, 4) is 0 Å². The summed E-state index contributed by atoms with van der Waals surface area (Å²) < 4.78 is 5.56. The summed E-state index contributed by atoms with van der Waals surface area (Å²) in [5.74, 6) is 0.883. The highest BCUT2D eigenvalue weighted by Crippen LogP contribution is 2.21. The number of hydrogen-bond acceptors (Lipinski definition) is 3. The van der Waals surface area contributed by atoms with Crippen LogP contribution in [0.2, 0.25) is 0 Å². The lowest BCUT2D eigenvalue weighted by atomic mass is 9.89. The van der Waals surface area contributed by atoms with Gasteiger partial charge in [0.25, 0.3) is 0 Å². The number of nitrogens with zero attached hydrogens (tertiary/aromatic N) is 2. The number of guanidine groups is 1. The molecule has 5 nitrogen and oxygen atoms in total. The fourth-order valence-electron chi connectivity index (χ4n) is 2.27. The fourth-order valence-corrected chi connectivity index (χ4v) is 2.27. The molecular formula is C17H38N4O. The van der Waals surface area contributed by atoms with Gasteiger partial charge in [-0.15, -0.1) is 0 Å². The van der Waals surface area contributed by atoms with E-state index in [1.54, 1.807) is 7.11 Å². The molecule has 0 aliphatic carbocycles. The fraction of sp³-hybridized carbons (Fsp3) is 0.941. The van der Waals surface area contributed by atoms with Crippen molar-refractivity contribution in [2.45, 2.75) is 54.1 Å². The van der Waals surface area contributed by atoms with Crippen LogP contribution in [0.25, 0.3) is 0 Å². The van der Waals surface area contributed by atoms with E-state index in [4.69, 9.17) is 4.74 Å². The van der Waals surface area contributed by atoms with Gasteiger partial charge in [-0.25, -0.2) is 0 Å². The van der Waals surface area contributed by atoms with E-state index < -0.39 is 0 Å². The lowest BCUT2D eigenvalue weighted by molar-refractivity contribution is 0.0241. The van der Waals surface area contributed by atoms with Gasteiger partial charge in [-0.1, -0.05) is 34.6 Å². The molecule has 0 aromatic heterocycles. The van der Waals surface area contributed by atoms with Gasteiger partial charge in [0.2, 0.25) is 0 Å². The van der Waals surface area contributed by atoms with Crippen LogP contribution in [0, 0.1) is 5.41 Å². The molecule has 0 heterocycles. The van der Waals surface area contributed by atoms with Gasteiger partial charge in [-0.2, -0.15) is 0 Å². The SMILES string of the molecule is CCNC(=NCC(OC)C(C)(C)C)NCCCN(CC)CC. The Morgan fingerprint density at radius 1 is 1.14 bits per heavy atom. The number of hydrogen-bond donors (Lipinski definition) is 2. The van der Waals surface area contributed by atoms with Crippen molar-refractivity contribution < 1.29 is 4.74 Å². The Morgan fingerprint density at radius 2 is 1.77 bits per heavy atom. The molecule has 0 rings (SSSR count). The highest BCUT2D eigenvalue weighted by Gasteiger charge is 2.23. The molecule has 2 N–H and O–H groups in total. The summed E-state index contributed by atoms with van der Waals surface area (Å²) in [7, 11) is 1.76. The monoisotopic (exact) mass is 314 g/mol. The van der Waals surface area contributed by atoms with E-state index in [1.807, 2.05) is 0 Å². The predicted octanol–water partition coefficient (Wildman–Crippen LogP) is 2.33. The van der Waals surface area contributed by atoms with E-state index in [1.165, 1.54) is 0 Å². The Morgan fingerprint density at radius 3 is 2.23 bits per heavy atom. The minimum Gasteiger partial charge on any atom is -0.379 e. The van der Waals surface area contributed by atoms with E-state index >= 15 is 0 Å². The third-order valence-corrected chi connectivity index (χ3v) is 3.85. The third kappa shape index (κ3) is 9.26. The first-order valence-electron chi connectivity index (χ1n) is 8.66. The summed E-state index contributed by atoms with van der Waals surface area (Å²) in [4.78, 5) is 7.10. The molecule has 0 saturated carbocycles. The average molecular weight is 315 g/mol. The molecular weight excluding hydrogens is 276 g/mol. The van der Waals surface area contributed by atoms with Gasteiger partial charge in [-0.05, 0) is 38.4 Å². The van der Waals surface area contributed by atoms with Crippen LogP contribution < -0.4 is 10.6 Å². The molecule has 22 heavy (non-hydrogen) atoms. The Bertz CT molecular complexity index is 296. The van der Waals surface area contributed by atoms with Crippen LogP contribution in [0.15, 0.2) is 4.99 Å². The van der Waals surface area contributed by atoms with E-state index in [-0.39, 0.29) is 11.5 Å². The zero-order valence-electron chi connectivity index (χ0n) is 15.8. The summed E-state index contributed by atoms with van der Waals surface area (Å²) in [5.41, 5.74) is 0.0956. The maximum atomic E-state index is 5.56. The highest BCUT2D eigenvalue weighted by atomic mass is 16.5. The molecule has 0 radical (unpaired) electrons. The quantitative estimate of drug-likeness (QED) is 0.369. The lowest BCUT2D eigenvalue weighted by Crippen LogP contribution is -2.40. The minimum atomic E-state index is 0.0956. The van der Waals surface area contributed by atoms with E-state index in [0.29, 0.717) is 6.54 Å². The van der Waals surface area contributed by atoms with Crippen molar-refractivity contribution >= 4 is 5.96 Å². The highest BCUT2D eigenvalue weighted by molar-refractivity contribution is 5.79. The molecule has 1 atom stereocenters. The van der Waals surface area contributed by atoms with Crippen LogP contribution >= 0.6 is 0 Å². The first kappa shape index (κ1) is 21.2. The summed E-state index contributed by atoms with van der Waals surface area (Å²) in [6.45, 7) is 18.9. The average Bonchev–Trinajstić information content (AvgIpc) is 2.46. The molecule has 0 aromatic carbocycles. The van der Waals surface area contributed by atoms with Crippen LogP contribution in [-0.4, -0.2) is 63.3 Å². The van der Waals surface area contributed by atoms with Crippen molar-refractivity contribution in [3.63, 3.8) is 0 Å². The van der Waals surface area contributed by atoms with Crippen LogP contribution in [-0.2, 0) is 4.74 Å². The Hall–Kier alpha value is -0.810. The summed E-state index contributed by atoms with van der Waals surface area (Å²) in [5, 5.41) is 6.71. The summed E-state index contributed by atoms with van der Waals surface area (Å²) in [6.07, 6.45) is 1.25. The normalized spacial score (nSPS) is 14.3. The number of rotatable bonds is 10. The Labute approximate surface area is 137 Å². The van der Waals surface area contributed by atoms with Gasteiger partial charge in [-0.3, -0.25) is 4.99 Å². The smallest absolute Gasteiger partial charge is 0.191 e. The van der Waals surface area contributed by atoms with Gasteiger partial charge in [0, 0.05) is 20.2 Å². The molecule has 0 aliphatic rings. The van der Waals surface area contributed by atoms with Crippen LogP contribution in [0.3, 0.4) is 0 Å². The van der Waals surface area contributed by atoms with Crippen LogP contribution in [0.1, 0.15) is 48.0 Å². The lowest BCUT2D eigenvalue weighted by Gasteiger charge is -2.28. The summed E-state index contributed by atoms with van der Waals surface area (Å²) in [6, 6.07) is 0. The first-order valence-corrected chi connectivity index (χ1v) is 8.66. The number of methoxy groups -OCH3 is 1. The maximum Gasteiger partial charge on any atom is 0.191 e. The van der Waals surface area contributed by atoms with Gasteiger partial charge in [0.1, 0.15) is 0 Å². The zero-order valence-corrected chi connectivity index (χ0v) is 15.8. The Kier molecular flexibility index (Phi) is 11.3. The molecule has 0 amide bonds. The standard InChI is InChI=1S/C17H38N4O/c1-8-18-16(19-12-11-13-21(9-2)10-3)20-14-15(22-7)17(4,5)6/h15H,8-14H2,1-7H3,(H2,18,19,20). The molecule has 0 aromatic rings. The molecule has 132 valence electrons. The second-order valence-corrected chi connectivity index (χ2v) is 6.62. The second-order valence-electron chi connectivity index (χ2n) is 6.62. The maximum absolute atomic E-state index is 5.56. The topological polar surface area (TPSA) is 48.9 Å². The molecule has 1 unspecified atom stereocenters. The molecule has 0 bridgehead atoms. The van der Waals surface area contributed by atoms with Gasteiger partial charge in [0.05, 0.1) is 12.6 Å². The van der Waals surface area contributed by atoms with Gasteiger partial charge >= 0.3 is 0 Å². The Balaban J connectivity index is 4.32. The largest absolute Gasteiger partial charge is 0.379 e. The molecule has 5 heteroatoms. The molecule has 0 saturated heterocycles. The van der Waals surface area contributed by atoms with Crippen molar-refractivity contribution in [2.24, 2.45) is 10.4 Å². The number of ether oxygens (including phenoxy) is 1. The molecule has 0 aliphatic heterocycles. The van der Waals surface area contributed by atoms with E-state index in [9.17, 15) is 0 Å². The summed E-state index contributed by atoms with van der Waals surface area (Å²) >= 11 is 0. The minimum absolute atomic E-state index is 0.0956. The predicted molar refractivity (Wildman–Crippen MR) is 96.6 cm³/mol. The van der Waals surface area contributed by atoms with Crippen molar-refractivity contribution in [2.75, 3.05) is 46.4 Å². The van der Waals surface area contributed by atoms with Gasteiger partial charge < -0.3 is 20.3 Å². The van der Waals surface area contributed by atoms with Crippen LogP contribution in [0.4, 0.5) is 0 Å². The van der Waals surface area contributed by atoms with E-state index in [0.717, 1.165) is 45.1 Å². The molecule has 0 spiro atoms. The second kappa shape index (κ2) is 11.7. The van der Waals surface area contributed by atoms with Gasteiger partial charge in [0.15, 0.2) is 5.96 Å². The zero-order chi connectivity index (χ0) is 17.0. The van der Waals surface area contributed by atoms with Crippen molar-refractivity contribution in [3.05, 3.63) is 0 Å². The molecule has 0 fully saturated rings. The van der Waals surface area contributed by atoms with Crippen molar-refractivity contribution in [1.29, 1.82) is 0 Å². The first-order chi connectivity index (χ1) is 10.4. The number of aliphatic imine (C=N–C) groups is 1. The number of nitrogens with one attached hydrogen (secondary N) is 2. The van der Waals surface area contributed by atoms with E-state index in [2.05, 4.69) is 62.1 Å². The third-order valence-electron chi connectivity index (χ3n) is 3.85. The van der Waals surface area contributed by atoms with Crippen LogP contribution in [0.5, 0.6) is 0 Å².